The Hall–Kier alpha value is -0.650. The predicted octanol–water partition coefficient (Wildman–Crippen LogP) is -1.19. The quantitative estimate of drug-likeness (QED) is 0.602. The summed E-state index contributed by atoms with van der Waals surface area (Å²) in [5.41, 5.74) is 0. The van der Waals surface area contributed by atoms with Crippen molar-refractivity contribution >= 4 is 5.91 Å². The summed E-state index contributed by atoms with van der Waals surface area (Å²) in [6, 6.07) is -0.230. The Morgan fingerprint density at radius 3 is 2.93 bits per heavy atom. The molecular weight excluding hydrogens is 184 g/mol. The Bertz CT molecular complexity index is 198. The van der Waals surface area contributed by atoms with E-state index < -0.39 is 0 Å². The largest absolute Gasteiger partial charge is 0.392 e. The number of ether oxygens (including phenoxy) is 1. The van der Waals surface area contributed by atoms with E-state index >= 15 is 0 Å². The zero-order chi connectivity index (χ0) is 10.6. The van der Waals surface area contributed by atoms with E-state index in [4.69, 9.17) is 4.74 Å². The Labute approximate surface area is 84.0 Å². The summed E-state index contributed by atoms with van der Waals surface area (Å²) in [6.45, 7) is 1.63. The molecule has 2 unspecified atom stereocenters. The van der Waals surface area contributed by atoms with Crippen LogP contribution in [0.15, 0.2) is 0 Å². The van der Waals surface area contributed by atoms with Gasteiger partial charge in [0.25, 0.3) is 0 Å². The van der Waals surface area contributed by atoms with Crippen LogP contribution in [0.2, 0.25) is 0 Å². The summed E-state index contributed by atoms with van der Waals surface area (Å²) in [6.07, 6.45) is 0.121. The van der Waals surface area contributed by atoms with E-state index in [1.54, 1.807) is 19.1 Å². The van der Waals surface area contributed by atoms with Crippen molar-refractivity contribution in [2.45, 2.75) is 18.6 Å². The minimum Gasteiger partial charge on any atom is -0.392 e. The molecule has 1 rings (SSSR count). The first-order valence-corrected chi connectivity index (χ1v) is 4.80. The van der Waals surface area contributed by atoms with Crippen molar-refractivity contribution < 1.29 is 14.6 Å². The molecule has 0 aromatic carbocycles. The van der Waals surface area contributed by atoms with Gasteiger partial charge in [-0.3, -0.25) is 4.79 Å². The van der Waals surface area contributed by atoms with E-state index in [0.717, 1.165) is 0 Å². The topological polar surface area (TPSA) is 61.8 Å². The highest BCUT2D eigenvalue weighted by Crippen LogP contribution is 2.08. The molecule has 1 aliphatic rings. The molecule has 82 valence electrons. The van der Waals surface area contributed by atoms with Crippen molar-refractivity contribution in [1.29, 1.82) is 0 Å². The lowest BCUT2D eigenvalue weighted by Crippen LogP contribution is -2.42. The van der Waals surface area contributed by atoms with E-state index in [1.807, 2.05) is 0 Å². The van der Waals surface area contributed by atoms with Crippen molar-refractivity contribution in [1.82, 2.24) is 10.2 Å². The Morgan fingerprint density at radius 2 is 2.43 bits per heavy atom. The molecule has 0 bridgehead atoms. The lowest BCUT2D eigenvalue weighted by Gasteiger charge is -2.20. The Kier molecular flexibility index (Phi) is 4.31. The molecule has 0 spiro atoms. The van der Waals surface area contributed by atoms with Crippen molar-refractivity contribution in [2.24, 2.45) is 0 Å². The van der Waals surface area contributed by atoms with Crippen LogP contribution in [-0.4, -0.2) is 61.9 Å². The number of amides is 1. The van der Waals surface area contributed by atoms with Gasteiger partial charge in [-0.2, -0.15) is 0 Å². The predicted molar refractivity (Wildman–Crippen MR) is 51.9 cm³/mol. The molecule has 0 saturated carbocycles. The first kappa shape index (κ1) is 11.4. The van der Waals surface area contributed by atoms with Gasteiger partial charge in [0.05, 0.1) is 18.8 Å². The van der Waals surface area contributed by atoms with Gasteiger partial charge in [0.2, 0.25) is 5.91 Å². The van der Waals surface area contributed by atoms with Gasteiger partial charge in [-0.05, 0) is 6.42 Å². The molecule has 2 atom stereocenters. The molecule has 0 radical (unpaired) electrons. The average molecular weight is 202 g/mol. The third kappa shape index (κ3) is 2.94. The zero-order valence-corrected chi connectivity index (χ0v) is 8.69. The molecule has 14 heavy (non-hydrogen) atoms. The highest BCUT2D eigenvalue weighted by Gasteiger charge is 2.29. The van der Waals surface area contributed by atoms with Crippen molar-refractivity contribution in [3.05, 3.63) is 0 Å². The van der Waals surface area contributed by atoms with E-state index in [9.17, 15) is 9.90 Å². The number of methoxy groups -OCH3 is 1. The lowest BCUT2D eigenvalue weighted by molar-refractivity contribution is -0.132. The van der Waals surface area contributed by atoms with Crippen LogP contribution in [0.5, 0.6) is 0 Å². The Balaban J connectivity index is 2.32. The standard InChI is InChI=1S/C9H18N2O3/c1-11(3-4-14-2)9(13)8-5-7(12)6-10-8/h7-8,10,12H,3-6H2,1-2H3. The third-order valence-corrected chi connectivity index (χ3v) is 2.41. The van der Waals surface area contributed by atoms with E-state index in [1.165, 1.54) is 0 Å². The second-order valence-corrected chi connectivity index (χ2v) is 3.60. The SMILES string of the molecule is COCCN(C)C(=O)C1CC(O)CN1. The summed E-state index contributed by atoms with van der Waals surface area (Å²) in [5, 5.41) is 12.2. The van der Waals surface area contributed by atoms with Crippen LogP contribution in [0.25, 0.3) is 0 Å². The maximum atomic E-state index is 11.7. The second-order valence-electron chi connectivity index (χ2n) is 3.60. The number of hydrogen-bond acceptors (Lipinski definition) is 4. The van der Waals surface area contributed by atoms with Gasteiger partial charge in [0.15, 0.2) is 0 Å². The van der Waals surface area contributed by atoms with Crippen LogP contribution in [0.1, 0.15) is 6.42 Å². The number of carbonyl (C=O) groups excluding carboxylic acids is 1. The summed E-state index contributed by atoms with van der Waals surface area (Å²) >= 11 is 0. The number of hydrogen-bond donors (Lipinski definition) is 2. The van der Waals surface area contributed by atoms with Crippen LogP contribution in [0, 0.1) is 0 Å². The fourth-order valence-corrected chi connectivity index (χ4v) is 1.51. The van der Waals surface area contributed by atoms with Gasteiger partial charge >= 0.3 is 0 Å². The monoisotopic (exact) mass is 202 g/mol. The number of rotatable bonds is 4. The van der Waals surface area contributed by atoms with Crippen molar-refractivity contribution in [3.8, 4) is 0 Å². The van der Waals surface area contributed by atoms with Crippen LogP contribution >= 0.6 is 0 Å². The van der Waals surface area contributed by atoms with E-state index in [0.29, 0.717) is 26.1 Å². The maximum absolute atomic E-state index is 11.7. The van der Waals surface area contributed by atoms with E-state index in [2.05, 4.69) is 5.32 Å². The molecule has 0 aliphatic carbocycles. The number of aliphatic hydroxyl groups is 1. The number of carbonyl (C=O) groups is 1. The molecule has 0 aromatic heterocycles. The van der Waals surface area contributed by atoms with Gasteiger partial charge in [-0.25, -0.2) is 0 Å². The number of likely N-dealkylation sites (N-methyl/N-ethyl adjacent to an activating group) is 1. The summed E-state index contributed by atoms with van der Waals surface area (Å²) in [7, 11) is 3.35. The fourth-order valence-electron chi connectivity index (χ4n) is 1.51. The highest BCUT2D eigenvalue weighted by atomic mass is 16.5. The molecule has 0 aromatic rings. The molecule has 1 saturated heterocycles. The zero-order valence-electron chi connectivity index (χ0n) is 8.69. The molecule has 2 N–H and O–H groups in total. The highest BCUT2D eigenvalue weighted by molar-refractivity contribution is 5.82. The van der Waals surface area contributed by atoms with E-state index in [-0.39, 0.29) is 18.1 Å². The molecule has 1 amide bonds. The van der Waals surface area contributed by atoms with Gasteiger partial charge in [0.1, 0.15) is 0 Å². The summed E-state index contributed by atoms with van der Waals surface area (Å²) in [5.74, 6) is 0.0265. The third-order valence-electron chi connectivity index (χ3n) is 2.41. The maximum Gasteiger partial charge on any atom is 0.239 e. The molecule has 5 heteroatoms. The number of nitrogens with one attached hydrogen (secondary N) is 1. The van der Waals surface area contributed by atoms with Gasteiger partial charge in [-0.1, -0.05) is 0 Å². The molecule has 1 heterocycles. The Morgan fingerprint density at radius 1 is 1.71 bits per heavy atom. The van der Waals surface area contributed by atoms with Crippen molar-refractivity contribution in [2.75, 3.05) is 33.9 Å². The number of nitrogens with zero attached hydrogens (tertiary/aromatic N) is 1. The van der Waals surface area contributed by atoms with Crippen molar-refractivity contribution in [3.63, 3.8) is 0 Å². The van der Waals surface area contributed by atoms with Gasteiger partial charge in [-0.15, -0.1) is 0 Å². The van der Waals surface area contributed by atoms with Gasteiger partial charge < -0.3 is 20.1 Å². The lowest BCUT2D eigenvalue weighted by atomic mass is 10.2. The van der Waals surface area contributed by atoms with Crippen LogP contribution in [0.3, 0.4) is 0 Å². The van der Waals surface area contributed by atoms with Crippen LogP contribution in [-0.2, 0) is 9.53 Å². The molecule has 1 aliphatic heterocycles. The number of β-amino-alcohol motifs (C(OH)–C–C–N with tert-alkyl or cyclic N) is 1. The first-order chi connectivity index (χ1) is 6.65. The summed E-state index contributed by atoms with van der Waals surface area (Å²) in [4.78, 5) is 13.3. The van der Waals surface area contributed by atoms with Crippen LogP contribution in [0.4, 0.5) is 0 Å². The molecule has 5 nitrogen and oxygen atoms in total. The first-order valence-electron chi connectivity index (χ1n) is 4.80. The molecular formula is C9H18N2O3. The van der Waals surface area contributed by atoms with Crippen LogP contribution < -0.4 is 5.32 Å². The minimum atomic E-state index is -0.389. The average Bonchev–Trinajstić information content (AvgIpc) is 2.60. The van der Waals surface area contributed by atoms with Gasteiger partial charge in [0, 0.05) is 27.2 Å². The smallest absolute Gasteiger partial charge is 0.239 e. The second kappa shape index (κ2) is 5.29. The molecule has 1 fully saturated rings. The fraction of sp³-hybridized carbons (Fsp3) is 0.889. The summed E-state index contributed by atoms with van der Waals surface area (Å²) < 4.78 is 4.88. The number of aliphatic hydroxyl groups excluding tert-OH is 1. The minimum absolute atomic E-state index is 0.0265. The normalized spacial score (nSPS) is 26.5.